The third-order valence-electron chi connectivity index (χ3n) is 11.9. The maximum atomic E-state index is 15.1. The van der Waals surface area contributed by atoms with Gasteiger partial charge in [-0.25, -0.2) is 18.7 Å². The Morgan fingerprint density at radius 2 is 1.65 bits per heavy atom. The predicted octanol–water partition coefficient (Wildman–Crippen LogP) is 3.82. The number of anilines is 3. The van der Waals surface area contributed by atoms with Gasteiger partial charge in [0.25, 0.3) is 11.8 Å². The SMILES string of the molecule is NC(=O)c1nn(C2CCC(N3CCN(C(=O)C4CN(c5cc(F)c([C@H]6CCC(=O)NC6=O)c(F)c5)C4)CC3)CC2)cc1NC(=O)c1coc(-c2ccnc(NCC(F)(F)F)c2)n1. The van der Waals surface area contributed by atoms with Crippen LogP contribution in [0.5, 0.6) is 0 Å². The summed E-state index contributed by atoms with van der Waals surface area (Å²) in [6, 6.07) is 5.27. The Balaban J connectivity index is 0.801. The van der Waals surface area contributed by atoms with Crippen molar-refractivity contribution in [3.05, 3.63) is 71.5 Å². The molecule has 6 heterocycles. The number of piperazine rings is 1. The van der Waals surface area contributed by atoms with Gasteiger partial charge in [-0.2, -0.15) is 18.3 Å². The fraction of sp³-hybridized carbons (Fsp3) is 0.450. The van der Waals surface area contributed by atoms with Crippen molar-refractivity contribution < 1.29 is 50.3 Å². The number of nitrogens with two attached hydrogens (primary N) is 1. The maximum Gasteiger partial charge on any atom is 0.405 e. The summed E-state index contributed by atoms with van der Waals surface area (Å²) in [5, 5.41) is 11.3. The number of benzene rings is 1. The van der Waals surface area contributed by atoms with E-state index in [4.69, 9.17) is 10.2 Å². The Kier molecular flexibility index (Phi) is 11.7. The molecule has 4 fully saturated rings. The van der Waals surface area contributed by atoms with Gasteiger partial charge in [0.15, 0.2) is 11.4 Å². The number of oxazole rings is 1. The van der Waals surface area contributed by atoms with Gasteiger partial charge >= 0.3 is 6.18 Å². The molecule has 8 rings (SSSR count). The molecule has 0 spiro atoms. The largest absolute Gasteiger partial charge is 0.444 e. The van der Waals surface area contributed by atoms with Crippen LogP contribution in [0.3, 0.4) is 0 Å². The molecular weight excluding hydrogens is 826 g/mol. The van der Waals surface area contributed by atoms with E-state index in [1.807, 2.05) is 4.90 Å². The van der Waals surface area contributed by atoms with Crippen LogP contribution in [0, 0.1) is 17.6 Å². The second kappa shape index (κ2) is 17.1. The van der Waals surface area contributed by atoms with E-state index in [1.165, 1.54) is 30.5 Å². The zero-order valence-electron chi connectivity index (χ0n) is 33.1. The van der Waals surface area contributed by atoms with Crippen LogP contribution in [-0.4, -0.2) is 117 Å². The van der Waals surface area contributed by atoms with Crippen molar-refractivity contribution in [3.63, 3.8) is 0 Å². The Morgan fingerprint density at radius 1 is 0.952 bits per heavy atom. The van der Waals surface area contributed by atoms with E-state index >= 15 is 8.78 Å². The number of halogens is 5. The third-order valence-corrected chi connectivity index (χ3v) is 11.9. The molecule has 1 atom stereocenters. The summed E-state index contributed by atoms with van der Waals surface area (Å²) in [6.07, 6.45) is 2.55. The molecule has 1 aliphatic carbocycles. The number of hydrogen-bond acceptors (Lipinski definition) is 12. The van der Waals surface area contributed by atoms with Crippen LogP contribution in [0.25, 0.3) is 11.5 Å². The molecule has 3 aromatic heterocycles. The minimum Gasteiger partial charge on any atom is -0.444 e. The van der Waals surface area contributed by atoms with Crippen LogP contribution in [0.2, 0.25) is 0 Å². The van der Waals surface area contributed by atoms with Gasteiger partial charge in [-0.1, -0.05) is 0 Å². The molecule has 1 aromatic carbocycles. The highest BCUT2D eigenvalue weighted by Gasteiger charge is 2.39. The van der Waals surface area contributed by atoms with E-state index in [0.29, 0.717) is 39.3 Å². The highest BCUT2D eigenvalue weighted by molar-refractivity contribution is 6.07. The van der Waals surface area contributed by atoms with Gasteiger partial charge in [0, 0.05) is 80.9 Å². The van der Waals surface area contributed by atoms with Gasteiger partial charge in [-0.15, -0.1) is 0 Å². The van der Waals surface area contributed by atoms with Crippen LogP contribution in [0.15, 0.2) is 47.3 Å². The normalized spacial score (nSPS) is 21.3. The van der Waals surface area contributed by atoms with Crippen molar-refractivity contribution in [2.24, 2.45) is 11.7 Å². The number of pyridine rings is 1. The lowest BCUT2D eigenvalue weighted by Gasteiger charge is -2.45. The second-order valence-electron chi connectivity index (χ2n) is 15.9. The molecule has 0 radical (unpaired) electrons. The average molecular weight is 868 g/mol. The first-order chi connectivity index (χ1) is 29.6. The number of piperidine rings is 1. The van der Waals surface area contributed by atoms with Crippen LogP contribution >= 0.6 is 0 Å². The highest BCUT2D eigenvalue weighted by atomic mass is 19.4. The Labute approximate surface area is 350 Å². The van der Waals surface area contributed by atoms with E-state index < -0.39 is 53.9 Å². The molecule has 5 N–H and O–H groups in total. The third kappa shape index (κ3) is 9.09. The molecule has 62 heavy (non-hydrogen) atoms. The van der Waals surface area contributed by atoms with Crippen LogP contribution in [0.1, 0.15) is 77.0 Å². The van der Waals surface area contributed by atoms with Gasteiger partial charge in [0.2, 0.25) is 23.6 Å². The first kappa shape index (κ1) is 42.2. The molecule has 0 unspecified atom stereocenters. The van der Waals surface area contributed by atoms with E-state index in [-0.39, 0.29) is 82.3 Å². The summed E-state index contributed by atoms with van der Waals surface area (Å²) >= 11 is 0. The number of alkyl halides is 3. The minimum atomic E-state index is -4.45. The van der Waals surface area contributed by atoms with Crippen molar-refractivity contribution >= 4 is 46.7 Å². The number of rotatable bonds is 11. The molecule has 3 saturated heterocycles. The fourth-order valence-electron chi connectivity index (χ4n) is 8.55. The Morgan fingerprint density at radius 3 is 2.31 bits per heavy atom. The first-order valence-electron chi connectivity index (χ1n) is 20.1. The number of nitrogens with zero attached hydrogens (tertiary/aromatic N) is 7. The zero-order valence-corrected chi connectivity index (χ0v) is 33.1. The summed E-state index contributed by atoms with van der Waals surface area (Å²) in [4.78, 5) is 76.5. The second-order valence-corrected chi connectivity index (χ2v) is 15.9. The monoisotopic (exact) mass is 867 g/mol. The summed E-state index contributed by atoms with van der Waals surface area (Å²) < 4.78 is 75.1. The number of carbonyl (C=O) groups excluding carboxylic acids is 5. The average Bonchev–Trinajstić information content (AvgIpc) is 3.89. The van der Waals surface area contributed by atoms with Crippen molar-refractivity contribution in [3.8, 4) is 11.5 Å². The lowest BCUT2D eigenvalue weighted by molar-refractivity contribution is -0.138. The summed E-state index contributed by atoms with van der Waals surface area (Å²) in [6.45, 7) is 1.77. The number of nitrogens with one attached hydrogen (secondary N) is 3. The van der Waals surface area contributed by atoms with E-state index in [1.54, 1.807) is 15.8 Å². The van der Waals surface area contributed by atoms with Gasteiger partial charge < -0.3 is 30.6 Å². The Hall–Kier alpha value is -6.45. The van der Waals surface area contributed by atoms with Crippen LogP contribution < -0.4 is 26.6 Å². The number of aromatic nitrogens is 4. The molecule has 17 nitrogen and oxygen atoms in total. The number of hydrogen-bond donors (Lipinski definition) is 4. The predicted molar refractivity (Wildman–Crippen MR) is 210 cm³/mol. The van der Waals surface area contributed by atoms with E-state index in [9.17, 15) is 37.1 Å². The van der Waals surface area contributed by atoms with Crippen molar-refractivity contribution in [1.82, 2.24) is 34.9 Å². The lowest BCUT2D eigenvalue weighted by Crippen LogP contribution is -2.59. The topological polar surface area (TPSA) is 214 Å². The van der Waals surface area contributed by atoms with Crippen molar-refractivity contribution in [2.75, 3.05) is 61.3 Å². The zero-order chi connectivity index (χ0) is 43.9. The molecule has 0 bridgehead atoms. The fourth-order valence-corrected chi connectivity index (χ4v) is 8.55. The highest BCUT2D eigenvalue weighted by Crippen LogP contribution is 2.36. The number of primary amides is 1. The first-order valence-corrected chi connectivity index (χ1v) is 20.1. The quantitative estimate of drug-likeness (QED) is 0.125. The molecule has 22 heteroatoms. The van der Waals surface area contributed by atoms with Gasteiger partial charge in [0.05, 0.1) is 23.6 Å². The standard InChI is InChI=1S/C40H42F5N11O6/c41-27-14-25(15-28(42)33(27)26-5-6-32(57)51-36(26)59)55-16-22(17-55)39(61)54-11-9-53(10-12-54)23-1-3-24(4-2-23)56-18-29(34(52-56)35(46)58)49-37(60)30-19-62-38(50-30)21-7-8-47-31(13-21)48-20-40(43,44)45/h7-8,13-15,18-19,22-24,26H,1-6,9-12,16-17,20H2,(H2,46,58)(H,47,48)(H,49,60)(H,51,57,59)/t23?,24?,26-/m1/s1. The molecule has 3 aliphatic heterocycles. The maximum absolute atomic E-state index is 15.1. The van der Waals surface area contributed by atoms with Crippen LogP contribution in [-0.2, 0) is 14.4 Å². The molecule has 4 aliphatic rings. The van der Waals surface area contributed by atoms with Gasteiger partial charge in [0.1, 0.15) is 30.3 Å². The van der Waals surface area contributed by atoms with Gasteiger partial charge in [-0.05, 0) is 56.4 Å². The van der Waals surface area contributed by atoms with Gasteiger partial charge in [-0.3, -0.25) is 38.9 Å². The molecule has 328 valence electrons. The Bertz CT molecular complexity index is 2360. The van der Waals surface area contributed by atoms with E-state index in [0.717, 1.165) is 31.9 Å². The lowest BCUT2D eigenvalue weighted by atomic mass is 9.89. The summed E-state index contributed by atoms with van der Waals surface area (Å²) in [5.41, 5.74) is 5.59. The number of amides is 5. The smallest absolute Gasteiger partial charge is 0.405 e. The van der Waals surface area contributed by atoms with Crippen molar-refractivity contribution in [1.29, 1.82) is 0 Å². The van der Waals surface area contributed by atoms with Crippen molar-refractivity contribution in [2.45, 2.75) is 62.7 Å². The minimum absolute atomic E-state index is 0.00136. The van der Waals surface area contributed by atoms with Crippen LogP contribution in [0.4, 0.5) is 39.1 Å². The number of carbonyl (C=O) groups is 5. The molecular formula is C40H42F5N11O6. The summed E-state index contributed by atoms with van der Waals surface area (Å²) in [7, 11) is 0. The number of imide groups is 1. The molecule has 5 amide bonds. The van der Waals surface area contributed by atoms with E-state index in [2.05, 4.69) is 35.9 Å². The summed E-state index contributed by atoms with van der Waals surface area (Å²) in [5.74, 6) is -6.03. The molecule has 4 aromatic rings. The molecule has 1 saturated carbocycles.